The fraction of sp³-hybridized carbons (Fsp3) is 0.615. The van der Waals surface area contributed by atoms with E-state index >= 15 is 0 Å². The number of carbonyl (C=O) groups is 1. The Labute approximate surface area is 94.3 Å². The summed E-state index contributed by atoms with van der Waals surface area (Å²) in [5.74, 6) is 3.64. The van der Waals surface area contributed by atoms with E-state index in [1.54, 1.807) is 18.6 Å². The van der Waals surface area contributed by atoms with Crippen molar-refractivity contribution in [1.29, 1.82) is 0 Å². The van der Waals surface area contributed by atoms with Gasteiger partial charge in [0.2, 0.25) is 0 Å². The maximum absolute atomic E-state index is 12.2. The molecule has 3 nitrogen and oxygen atoms in total. The fourth-order valence-corrected chi connectivity index (χ4v) is 4.27. The second-order valence-corrected chi connectivity index (χ2v) is 5.47. The van der Waals surface area contributed by atoms with Crippen molar-refractivity contribution in [3.05, 3.63) is 24.3 Å². The monoisotopic (exact) mass is 214 g/mol. The van der Waals surface area contributed by atoms with Gasteiger partial charge in [-0.2, -0.15) is 0 Å². The van der Waals surface area contributed by atoms with E-state index in [2.05, 4.69) is 9.97 Å². The van der Waals surface area contributed by atoms with Crippen LogP contribution in [0.2, 0.25) is 0 Å². The first kappa shape index (κ1) is 8.85. The second kappa shape index (κ2) is 2.90. The van der Waals surface area contributed by atoms with Crippen LogP contribution in [0.4, 0.5) is 0 Å². The Morgan fingerprint density at radius 3 is 2.56 bits per heavy atom. The molecular formula is C13H14N2O. The topological polar surface area (TPSA) is 42.9 Å². The summed E-state index contributed by atoms with van der Waals surface area (Å²) in [7, 11) is 0. The SMILES string of the molecule is O=C(c1cnccn1)C1C2C3CCC(C3)C12. The molecule has 82 valence electrons. The zero-order chi connectivity index (χ0) is 10.7. The van der Waals surface area contributed by atoms with Crippen molar-refractivity contribution in [3.63, 3.8) is 0 Å². The smallest absolute Gasteiger partial charge is 0.186 e. The number of aromatic nitrogens is 2. The van der Waals surface area contributed by atoms with Gasteiger partial charge in [-0.25, -0.2) is 4.98 Å². The van der Waals surface area contributed by atoms with Crippen LogP contribution in [0, 0.1) is 29.6 Å². The minimum absolute atomic E-state index is 0.250. The van der Waals surface area contributed by atoms with Crippen LogP contribution in [-0.2, 0) is 0 Å². The Morgan fingerprint density at radius 2 is 1.94 bits per heavy atom. The second-order valence-electron chi connectivity index (χ2n) is 5.47. The molecule has 4 rings (SSSR count). The standard InChI is InChI=1S/C13H14N2O/c16-13(9-6-14-3-4-15-9)12-10-7-1-2-8(5-7)11(10)12/h3-4,6-8,10-12H,1-2,5H2. The summed E-state index contributed by atoms with van der Waals surface area (Å²) in [6.07, 6.45) is 8.94. The Hall–Kier alpha value is -1.25. The van der Waals surface area contributed by atoms with Gasteiger partial charge in [-0.1, -0.05) is 0 Å². The van der Waals surface area contributed by atoms with E-state index in [1.807, 2.05) is 0 Å². The molecule has 3 aliphatic carbocycles. The van der Waals surface area contributed by atoms with Gasteiger partial charge < -0.3 is 0 Å². The number of hydrogen-bond donors (Lipinski definition) is 0. The Bertz CT molecular complexity index is 429. The highest BCUT2D eigenvalue weighted by molar-refractivity contribution is 5.98. The molecule has 2 bridgehead atoms. The minimum Gasteiger partial charge on any atom is -0.292 e. The summed E-state index contributed by atoms with van der Waals surface area (Å²) >= 11 is 0. The molecule has 0 aromatic carbocycles. The average Bonchev–Trinajstić information content (AvgIpc) is 2.77. The van der Waals surface area contributed by atoms with Crippen molar-refractivity contribution in [3.8, 4) is 0 Å². The van der Waals surface area contributed by atoms with E-state index in [1.165, 1.54) is 19.3 Å². The van der Waals surface area contributed by atoms with E-state index in [-0.39, 0.29) is 5.78 Å². The summed E-state index contributed by atoms with van der Waals surface area (Å²) in [5.41, 5.74) is 0.571. The van der Waals surface area contributed by atoms with Crippen molar-refractivity contribution >= 4 is 5.78 Å². The molecule has 4 atom stereocenters. The molecule has 0 N–H and O–H groups in total. The molecule has 3 fully saturated rings. The molecule has 0 saturated heterocycles. The van der Waals surface area contributed by atoms with Crippen LogP contribution < -0.4 is 0 Å². The van der Waals surface area contributed by atoms with Crippen LogP contribution in [0.15, 0.2) is 18.6 Å². The molecule has 1 aromatic heterocycles. The number of Topliss-reactive ketones (excluding diaryl/α,β-unsaturated/α-hetero) is 1. The highest BCUT2D eigenvalue weighted by Crippen LogP contribution is 2.69. The maximum atomic E-state index is 12.2. The lowest BCUT2D eigenvalue weighted by Crippen LogP contribution is -2.11. The molecule has 3 aliphatic rings. The Morgan fingerprint density at radius 1 is 1.19 bits per heavy atom. The Kier molecular flexibility index (Phi) is 1.61. The molecule has 1 heterocycles. The molecule has 0 spiro atoms. The number of nitrogens with zero attached hydrogens (tertiary/aromatic N) is 2. The number of fused-ring (bicyclic) bond motifs is 5. The van der Waals surface area contributed by atoms with E-state index in [4.69, 9.17) is 0 Å². The van der Waals surface area contributed by atoms with Crippen LogP contribution in [0.3, 0.4) is 0 Å². The summed E-state index contributed by atoms with van der Waals surface area (Å²) in [6, 6.07) is 0. The van der Waals surface area contributed by atoms with Crippen molar-refractivity contribution in [2.24, 2.45) is 29.6 Å². The highest BCUT2D eigenvalue weighted by Gasteiger charge is 2.67. The van der Waals surface area contributed by atoms with Crippen LogP contribution >= 0.6 is 0 Å². The van der Waals surface area contributed by atoms with E-state index in [9.17, 15) is 4.79 Å². The lowest BCUT2D eigenvalue weighted by Gasteiger charge is -2.06. The largest absolute Gasteiger partial charge is 0.292 e. The van der Waals surface area contributed by atoms with Gasteiger partial charge in [-0.3, -0.25) is 9.78 Å². The molecule has 16 heavy (non-hydrogen) atoms. The molecule has 0 amide bonds. The number of rotatable bonds is 2. The quantitative estimate of drug-likeness (QED) is 0.707. The first-order valence-electron chi connectivity index (χ1n) is 6.16. The summed E-state index contributed by atoms with van der Waals surface area (Å²) in [5, 5.41) is 0. The van der Waals surface area contributed by atoms with Gasteiger partial charge in [0.05, 0.1) is 6.20 Å². The molecule has 0 radical (unpaired) electrons. The van der Waals surface area contributed by atoms with E-state index in [0.717, 1.165) is 11.8 Å². The summed E-state index contributed by atoms with van der Waals surface area (Å²) in [6.45, 7) is 0. The van der Waals surface area contributed by atoms with Gasteiger partial charge in [-0.15, -0.1) is 0 Å². The molecule has 1 aromatic rings. The molecular weight excluding hydrogens is 200 g/mol. The maximum Gasteiger partial charge on any atom is 0.186 e. The predicted molar refractivity (Wildman–Crippen MR) is 57.7 cm³/mol. The highest BCUT2D eigenvalue weighted by atomic mass is 16.1. The third kappa shape index (κ3) is 1.01. The minimum atomic E-state index is 0.250. The van der Waals surface area contributed by atoms with Gasteiger partial charge in [0.15, 0.2) is 5.78 Å². The van der Waals surface area contributed by atoms with Crippen molar-refractivity contribution in [1.82, 2.24) is 9.97 Å². The van der Waals surface area contributed by atoms with Gasteiger partial charge >= 0.3 is 0 Å². The van der Waals surface area contributed by atoms with Crippen molar-refractivity contribution in [2.75, 3.05) is 0 Å². The first-order chi connectivity index (χ1) is 7.86. The average molecular weight is 214 g/mol. The van der Waals surface area contributed by atoms with Crippen molar-refractivity contribution < 1.29 is 4.79 Å². The zero-order valence-corrected chi connectivity index (χ0v) is 9.04. The third-order valence-electron chi connectivity index (χ3n) is 4.85. The van der Waals surface area contributed by atoms with Gasteiger partial charge in [-0.05, 0) is 42.9 Å². The fourth-order valence-electron chi connectivity index (χ4n) is 4.27. The summed E-state index contributed by atoms with van der Waals surface area (Å²) in [4.78, 5) is 20.3. The molecule has 0 aliphatic heterocycles. The lowest BCUT2D eigenvalue weighted by molar-refractivity contribution is 0.0939. The van der Waals surface area contributed by atoms with Crippen LogP contribution in [0.1, 0.15) is 29.8 Å². The Balaban J connectivity index is 1.60. The lowest BCUT2D eigenvalue weighted by atomic mass is 9.99. The van der Waals surface area contributed by atoms with Gasteiger partial charge in [0.1, 0.15) is 5.69 Å². The predicted octanol–water partition coefficient (Wildman–Crippen LogP) is 1.95. The molecule has 4 unspecified atom stereocenters. The zero-order valence-electron chi connectivity index (χ0n) is 9.04. The third-order valence-corrected chi connectivity index (χ3v) is 4.85. The number of carbonyl (C=O) groups excluding carboxylic acids is 1. The number of ketones is 1. The summed E-state index contributed by atoms with van der Waals surface area (Å²) < 4.78 is 0. The van der Waals surface area contributed by atoms with Gasteiger partial charge in [0, 0.05) is 18.3 Å². The van der Waals surface area contributed by atoms with Gasteiger partial charge in [0.25, 0.3) is 0 Å². The van der Waals surface area contributed by atoms with Crippen molar-refractivity contribution in [2.45, 2.75) is 19.3 Å². The van der Waals surface area contributed by atoms with E-state index < -0.39 is 0 Å². The molecule has 3 saturated carbocycles. The molecule has 3 heteroatoms. The van der Waals surface area contributed by atoms with Crippen LogP contribution in [-0.4, -0.2) is 15.8 Å². The van der Waals surface area contributed by atoms with Crippen LogP contribution in [0.25, 0.3) is 0 Å². The first-order valence-corrected chi connectivity index (χ1v) is 6.16. The van der Waals surface area contributed by atoms with E-state index in [0.29, 0.717) is 23.4 Å². The number of hydrogen-bond acceptors (Lipinski definition) is 3. The normalized spacial score (nSPS) is 43.1. The van der Waals surface area contributed by atoms with Crippen LogP contribution in [0.5, 0.6) is 0 Å².